The fourth-order valence-corrected chi connectivity index (χ4v) is 1.45. The number of allylic oxidation sites excluding steroid dienone is 4. The Morgan fingerprint density at radius 3 is 2.33 bits per heavy atom. The average Bonchev–Trinajstić information content (AvgIpc) is 2.13. The first-order chi connectivity index (χ1) is 8.20. The van der Waals surface area contributed by atoms with Crippen molar-refractivity contribution in [2.45, 2.75) is 52.6 Å². The smallest absolute Gasteiger partial charge is 0.328 e. The highest BCUT2D eigenvalue weighted by atomic mass is 16.4. The monoisotopic (exact) mass is 252 g/mol. The van der Waals surface area contributed by atoms with Gasteiger partial charge < -0.3 is 10.2 Å². The lowest BCUT2D eigenvalue weighted by molar-refractivity contribution is -0.131. The summed E-state index contributed by atoms with van der Waals surface area (Å²) in [5.74, 6) is -0.918. The van der Waals surface area contributed by atoms with E-state index in [4.69, 9.17) is 5.11 Å². The Labute approximate surface area is 110 Å². The van der Waals surface area contributed by atoms with Gasteiger partial charge in [-0.3, -0.25) is 0 Å². The summed E-state index contributed by atoms with van der Waals surface area (Å²) in [5.41, 5.74) is 1.24. The number of aliphatic hydroxyl groups is 1. The summed E-state index contributed by atoms with van der Waals surface area (Å²) >= 11 is 0. The lowest BCUT2D eigenvalue weighted by Crippen LogP contribution is -2.13. The zero-order valence-electron chi connectivity index (χ0n) is 11.7. The number of hydrogen-bond acceptors (Lipinski definition) is 2. The lowest BCUT2D eigenvalue weighted by atomic mass is 10.0. The van der Waals surface area contributed by atoms with E-state index in [1.165, 1.54) is 11.6 Å². The lowest BCUT2D eigenvalue weighted by Gasteiger charge is -2.10. The maximum absolute atomic E-state index is 10.7. The van der Waals surface area contributed by atoms with Crippen LogP contribution in [0.2, 0.25) is 0 Å². The molecule has 0 saturated heterocycles. The molecule has 0 heterocycles. The van der Waals surface area contributed by atoms with Crippen LogP contribution in [0.5, 0.6) is 0 Å². The van der Waals surface area contributed by atoms with E-state index in [2.05, 4.69) is 6.08 Å². The fraction of sp³-hybridized carbons (Fsp3) is 0.533. The van der Waals surface area contributed by atoms with E-state index in [1.807, 2.05) is 19.9 Å². The standard InChI is InChI=1S/C15H24O3/c1-12(2)7-5-8-13(11-14(16)17)9-6-10-15(3,4)18/h6-7,10-11,18H,5,8-9H2,1-4H3,(H,16,17). The zero-order chi connectivity index (χ0) is 14.2. The molecule has 102 valence electrons. The summed E-state index contributed by atoms with van der Waals surface area (Å²) in [6, 6.07) is 0. The van der Waals surface area contributed by atoms with E-state index in [0.29, 0.717) is 6.42 Å². The van der Waals surface area contributed by atoms with Gasteiger partial charge in [-0.2, -0.15) is 0 Å². The van der Waals surface area contributed by atoms with Crippen molar-refractivity contribution < 1.29 is 15.0 Å². The van der Waals surface area contributed by atoms with Gasteiger partial charge >= 0.3 is 5.97 Å². The van der Waals surface area contributed by atoms with Crippen LogP contribution in [0.25, 0.3) is 0 Å². The van der Waals surface area contributed by atoms with Crippen LogP contribution in [0.15, 0.2) is 35.5 Å². The molecule has 0 bridgehead atoms. The summed E-state index contributed by atoms with van der Waals surface area (Å²) in [6.45, 7) is 7.42. The maximum Gasteiger partial charge on any atom is 0.328 e. The average molecular weight is 252 g/mol. The van der Waals surface area contributed by atoms with Crippen molar-refractivity contribution in [3.8, 4) is 0 Å². The Balaban J connectivity index is 4.48. The van der Waals surface area contributed by atoms with Crippen molar-refractivity contribution in [1.82, 2.24) is 0 Å². The van der Waals surface area contributed by atoms with Crippen LogP contribution >= 0.6 is 0 Å². The largest absolute Gasteiger partial charge is 0.478 e. The van der Waals surface area contributed by atoms with E-state index in [0.717, 1.165) is 18.4 Å². The summed E-state index contributed by atoms with van der Waals surface area (Å²) in [6.07, 6.45) is 8.99. The number of carboxylic acids is 1. The van der Waals surface area contributed by atoms with Crippen molar-refractivity contribution in [3.05, 3.63) is 35.5 Å². The molecular weight excluding hydrogens is 228 g/mol. The van der Waals surface area contributed by atoms with Crippen molar-refractivity contribution in [3.63, 3.8) is 0 Å². The second kappa shape index (κ2) is 7.88. The van der Waals surface area contributed by atoms with E-state index in [-0.39, 0.29) is 0 Å². The summed E-state index contributed by atoms with van der Waals surface area (Å²) in [7, 11) is 0. The molecule has 0 aromatic rings. The Bertz CT molecular complexity index is 350. The second-order valence-electron chi connectivity index (χ2n) is 5.22. The quantitative estimate of drug-likeness (QED) is 0.539. The van der Waals surface area contributed by atoms with Gasteiger partial charge in [-0.05, 0) is 47.0 Å². The normalized spacial score (nSPS) is 12.8. The van der Waals surface area contributed by atoms with Crippen LogP contribution in [0.4, 0.5) is 0 Å². The molecule has 0 aliphatic carbocycles. The number of rotatable bonds is 7. The van der Waals surface area contributed by atoms with E-state index >= 15 is 0 Å². The van der Waals surface area contributed by atoms with Gasteiger partial charge in [0, 0.05) is 6.08 Å². The van der Waals surface area contributed by atoms with Crippen LogP contribution in [-0.4, -0.2) is 21.8 Å². The molecule has 3 nitrogen and oxygen atoms in total. The van der Waals surface area contributed by atoms with Crippen LogP contribution in [0.3, 0.4) is 0 Å². The van der Waals surface area contributed by atoms with Gasteiger partial charge in [0.2, 0.25) is 0 Å². The number of aliphatic carboxylic acids is 1. The fourth-order valence-electron chi connectivity index (χ4n) is 1.45. The summed E-state index contributed by atoms with van der Waals surface area (Å²) in [5, 5.41) is 18.3. The van der Waals surface area contributed by atoms with Crippen molar-refractivity contribution in [2.24, 2.45) is 0 Å². The molecule has 3 heteroatoms. The first-order valence-corrected chi connectivity index (χ1v) is 6.16. The minimum absolute atomic E-state index is 0.562. The third-order valence-electron chi connectivity index (χ3n) is 2.25. The van der Waals surface area contributed by atoms with Crippen LogP contribution in [0, 0.1) is 0 Å². The third kappa shape index (κ3) is 11.1. The molecule has 0 saturated carbocycles. The van der Waals surface area contributed by atoms with Gasteiger partial charge in [0.15, 0.2) is 0 Å². The Morgan fingerprint density at radius 1 is 1.28 bits per heavy atom. The first kappa shape index (κ1) is 16.6. The molecular formula is C15H24O3. The van der Waals surface area contributed by atoms with Crippen LogP contribution in [-0.2, 0) is 4.79 Å². The third-order valence-corrected chi connectivity index (χ3v) is 2.25. The van der Waals surface area contributed by atoms with Crippen LogP contribution < -0.4 is 0 Å². The molecule has 0 rings (SSSR count). The molecule has 0 amide bonds. The molecule has 0 aliphatic rings. The van der Waals surface area contributed by atoms with E-state index in [1.54, 1.807) is 19.9 Å². The molecule has 0 aliphatic heterocycles. The van der Waals surface area contributed by atoms with Gasteiger partial charge in [0.25, 0.3) is 0 Å². The number of hydrogen-bond donors (Lipinski definition) is 2. The second-order valence-corrected chi connectivity index (χ2v) is 5.22. The molecule has 0 atom stereocenters. The molecule has 0 aromatic heterocycles. The van der Waals surface area contributed by atoms with Crippen molar-refractivity contribution >= 4 is 5.97 Å². The topological polar surface area (TPSA) is 57.5 Å². The predicted molar refractivity (Wildman–Crippen MR) is 74.4 cm³/mol. The Kier molecular flexibility index (Phi) is 7.29. The molecule has 0 radical (unpaired) electrons. The Morgan fingerprint density at radius 2 is 1.89 bits per heavy atom. The Hall–Kier alpha value is -1.35. The molecule has 2 N–H and O–H groups in total. The molecule has 18 heavy (non-hydrogen) atoms. The van der Waals surface area contributed by atoms with Gasteiger partial charge in [-0.1, -0.05) is 29.4 Å². The highest BCUT2D eigenvalue weighted by molar-refractivity contribution is 5.80. The van der Waals surface area contributed by atoms with Crippen molar-refractivity contribution in [2.75, 3.05) is 0 Å². The number of carboxylic acid groups (broad SMARTS) is 1. The van der Waals surface area contributed by atoms with Crippen molar-refractivity contribution in [1.29, 1.82) is 0 Å². The van der Waals surface area contributed by atoms with Crippen LogP contribution in [0.1, 0.15) is 47.0 Å². The van der Waals surface area contributed by atoms with Gasteiger partial charge in [-0.25, -0.2) is 4.79 Å². The van der Waals surface area contributed by atoms with Gasteiger partial charge in [0.05, 0.1) is 5.60 Å². The summed E-state index contributed by atoms with van der Waals surface area (Å²) < 4.78 is 0. The number of carbonyl (C=O) groups is 1. The van der Waals surface area contributed by atoms with Gasteiger partial charge in [-0.15, -0.1) is 0 Å². The van der Waals surface area contributed by atoms with Gasteiger partial charge in [0.1, 0.15) is 0 Å². The zero-order valence-corrected chi connectivity index (χ0v) is 11.7. The SMILES string of the molecule is CC(C)=CCCC(=CC(=O)O)CC=CC(C)(C)O. The molecule has 0 fully saturated rings. The minimum atomic E-state index is -0.918. The minimum Gasteiger partial charge on any atom is -0.478 e. The highest BCUT2D eigenvalue weighted by Crippen LogP contribution is 2.14. The maximum atomic E-state index is 10.7. The summed E-state index contributed by atoms with van der Waals surface area (Å²) in [4.78, 5) is 10.7. The highest BCUT2D eigenvalue weighted by Gasteiger charge is 2.06. The molecule has 0 spiro atoms. The predicted octanol–water partition coefficient (Wildman–Crippen LogP) is 3.46. The molecule has 0 unspecified atom stereocenters. The van der Waals surface area contributed by atoms with E-state index in [9.17, 15) is 9.90 Å². The van der Waals surface area contributed by atoms with E-state index < -0.39 is 11.6 Å². The molecule has 0 aromatic carbocycles. The first-order valence-electron chi connectivity index (χ1n) is 6.16.